The summed E-state index contributed by atoms with van der Waals surface area (Å²) in [6.07, 6.45) is 0. The van der Waals surface area contributed by atoms with Crippen molar-refractivity contribution in [3.63, 3.8) is 0 Å². The Kier molecular flexibility index (Phi) is 6.96. The summed E-state index contributed by atoms with van der Waals surface area (Å²) in [5.74, 6) is -1.01. The third-order valence-electron chi connectivity index (χ3n) is 6.19. The Morgan fingerprint density at radius 3 is 1.89 bits per heavy atom. The number of ether oxygens (including phenoxy) is 1. The van der Waals surface area contributed by atoms with E-state index in [1.807, 2.05) is 87.5 Å². The van der Waals surface area contributed by atoms with Gasteiger partial charge < -0.3 is 10.1 Å². The molecule has 0 unspecified atom stereocenters. The average molecular weight is 502 g/mol. The standard InChI is InChI=1S/C32H27N3O3/c1-20-7-11-23(12-8-20)30-31(24-13-9-21(2)10-14-24)35-28-18-25(15-16-27(28)34-30)32(37)38-19-29(36)33-26-6-4-5-22(3)17-26/h4-18H,19H2,1-3H3,(H,33,36). The molecule has 6 heteroatoms. The van der Waals surface area contributed by atoms with Gasteiger partial charge in [-0.2, -0.15) is 0 Å². The smallest absolute Gasteiger partial charge is 0.338 e. The van der Waals surface area contributed by atoms with E-state index < -0.39 is 18.5 Å². The van der Waals surface area contributed by atoms with Crippen LogP contribution in [0.4, 0.5) is 5.69 Å². The zero-order valence-electron chi connectivity index (χ0n) is 21.5. The predicted molar refractivity (Wildman–Crippen MR) is 150 cm³/mol. The van der Waals surface area contributed by atoms with Crippen LogP contribution in [0, 0.1) is 20.8 Å². The van der Waals surface area contributed by atoms with Crippen LogP contribution in [0.25, 0.3) is 33.5 Å². The molecule has 6 nitrogen and oxygen atoms in total. The van der Waals surface area contributed by atoms with Gasteiger partial charge in [-0.25, -0.2) is 14.8 Å². The summed E-state index contributed by atoms with van der Waals surface area (Å²) in [7, 11) is 0. The van der Waals surface area contributed by atoms with Crippen LogP contribution < -0.4 is 5.32 Å². The number of esters is 1. The lowest BCUT2D eigenvalue weighted by molar-refractivity contribution is -0.119. The van der Waals surface area contributed by atoms with E-state index in [-0.39, 0.29) is 0 Å². The van der Waals surface area contributed by atoms with Crippen molar-refractivity contribution in [2.45, 2.75) is 20.8 Å². The van der Waals surface area contributed by atoms with Gasteiger partial charge in [0.1, 0.15) is 0 Å². The van der Waals surface area contributed by atoms with Crippen molar-refractivity contribution in [2.75, 3.05) is 11.9 Å². The molecule has 0 aliphatic carbocycles. The molecule has 1 N–H and O–H groups in total. The maximum atomic E-state index is 12.8. The summed E-state index contributed by atoms with van der Waals surface area (Å²) >= 11 is 0. The van der Waals surface area contributed by atoms with E-state index in [9.17, 15) is 9.59 Å². The van der Waals surface area contributed by atoms with Crippen molar-refractivity contribution in [1.82, 2.24) is 9.97 Å². The van der Waals surface area contributed by atoms with Gasteiger partial charge in [0, 0.05) is 16.8 Å². The first-order valence-corrected chi connectivity index (χ1v) is 12.4. The molecule has 0 radical (unpaired) electrons. The maximum absolute atomic E-state index is 12.8. The quantitative estimate of drug-likeness (QED) is 0.262. The molecular formula is C32H27N3O3. The minimum Gasteiger partial charge on any atom is -0.452 e. The fraction of sp³-hybridized carbons (Fsp3) is 0.125. The highest BCUT2D eigenvalue weighted by atomic mass is 16.5. The number of nitrogens with zero attached hydrogens (tertiary/aromatic N) is 2. The van der Waals surface area contributed by atoms with Crippen molar-refractivity contribution in [2.24, 2.45) is 0 Å². The Balaban J connectivity index is 1.42. The molecule has 0 fully saturated rings. The number of benzene rings is 4. The first-order chi connectivity index (χ1) is 18.4. The zero-order valence-corrected chi connectivity index (χ0v) is 21.5. The predicted octanol–water partition coefficient (Wildman–Crippen LogP) is 6.68. The molecule has 1 aromatic heterocycles. The van der Waals surface area contributed by atoms with Crippen LogP contribution in [0.5, 0.6) is 0 Å². The number of amides is 1. The van der Waals surface area contributed by atoms with Crippen LogP contribution in [0.15, 0.2) is 91.0 Å². The number of hydrogen-bond acceptors (Lipinski definition) is 5. The topological polar surface area (TPSA) is 81.2 Å². The van der Waals surface area contributed by atoms with E-state index in [1.165, 1.54) is 0 Å². The zero-order chi connectivity index (χ0) is 26.6. The summed E-state index contributed by atoms with van der Waals surface area (Å²) in [4.78, 5) is 34.9. The molecule has 0 spiro atoms. The Labute approximate surface area is 221 Å². The fourth-order valence-electron chi connectivity index (χ4n) is 4.14. The third kappa shape index (κ3) is 5.60. The number of rotatable bonds is 6. The third-order valence-corrected chi connectivity index (χ3v) is 6.19. The van der Waals surface area contributed by atoms with Crippen molar-refractivity contribution in [3.8, 4) is 22.5 Å². The Hall–Kier alpha value is -4.84. The van der Waals surface area contributed by atoms with Crippen molar-refractivity contribution < 1.29 is 14.3 Å². The summed E-state index contributed by atoms with van der Waals surface area (Å²) in [6.45, 7) is 5.63. The number of nitrogens with one attached hydrogen (secondary N) is 1. The monoisotopic (exact) mass is 501 g/mol. The van der Waals surface area contributed by atoms with Crippen LogP contribution in [-0.2, 0) is 9.53 Å². The van der Waals surface area contributed by atoms with Gasteiger partial charge in [0.25, 0.3) is 5.91 Å². The second-order valence-electron chi connectivity index (χ2n) is 9.35. The molecule has 5 rings (SSSR count). The van der Waals surface area contributed by atoms with Crippen molar-refractivity contribution in [1.29, 1.82) is 0 Å². The van der Waals surface area contributed by atoms with E-state index in [4.69, 9.17) is 14.7 Å². The maximum Gasteiger partial charge on any atom is 0.338 e. The molecule has 0 bridgehead atoms. The highest BCUT2D eigenvalue weighted by molar-refractivity contribution is 5.97. The Morgan fingerprint density at radius 1 is 0.684 bits per heavy atom. The first kappa shape index (κ1) is 24.8. The van der Waals surface area contributed by atoms with Crippen LogP contribution in [0.1, 0.15) is 27.0 Å². The van der Waals surface area contributed by atoms with Gasteiger partial charge in [0.2, 0.25) is 0 Å². The van der Waals surface area contributed by atoms with E-state index in [2.05, 4.69) is 5.32 Å². The molecule has 1 heterocycles. The molecule has 188 valence electrons. The molecule has 5 aromatic rings. The van der Waals surface area contributed by atoms with Crippen LogP contribution >= 0.6 is 0 Å². The fourth-order valence-corrected chi connectivity index (χ4v) is 4.14. The molecular weight excluding hydrogens is 474 g/mol. The van der Waals surface area contributed by atoms with Crippen molar-refractivity contribution >= 4 is 28.6 Å². The van der Waals surface area contributed by atoms with E-state index in [0.29, 0.717) is 22.3 Å². The summed E-state index contributed by atoms with van der Waals surface area (Å²) < 4.78 is 5.27. The van der Waals surface area contributed by atoms with Gasteiger partial charge in [-0.05, 0) is 56.7 Å². The number of carbonyl (C=O) groups excluding carboxylic acids is 2. The molecule has 0 saturated carbocycles. The lowest BCUT2D eigenvalue weighted by atomic mass is 10.0. The number of anilines is 1. The number of aryl methyl sites for hydroxylation is 3. The van der Waals surface area contributed by atoms with Gasteiger partial charge in [0.15, 0.2) is 6.61 Å². The minimum absolute atomic E-state index is 0.299. The summed E-state index contributed by atoms with van der Waals surface area (Å²) in [5, 5.41) is 2.74. The van der Waals surface area contributed by atoms with Gasteiger partial charge in [0.05, 0.1) is 28.0 Å². The van der Waals surface area contributed by atoms with E-state index in [1.54, 1.807) is 24.3 Å². The highest BCUT2D eigenvalue weighted by Crippen LogP contribution is 2.31. The Morgan fingerprint density at radius 2 is 1.29 bits per heavy atom. The van der Waals surface area contributed by atoms with Crippen LogP contribution in [0.3, 0.4) is 0 Å². The van der Waals surface area contributed by atoms with Gasteiger partial charge in [-0.3, -0.25) is 4.79 Å². The average Bonchev–Trinajstić information content (AvgIpc) is 2.91. The molecule has 38 heavy (non-hydrogen) atoms. The second-order valence-corrected chi connectivity index (χ2v) is 9.35. The van der Waals surface area contributed by atoms with Crippen molar-refractivity contribution in [3.05, 3.63) is 113 Å². The molecule has 1 amide bonds. The van der Waals surface area contributed by atoms with Gasteiger partial charge in [-0.15, -0.1) is 0 Å². The number of aromatic nitrogens is 2. The number of carbonyl (C=O) groups is 2. The summed E-state index contributed by atoms with van der Waals surface area (Å²) in [6, 6.07) is 28.8. The Bertz CT molecular complexity index is 1640. The molecule has 0 aliphatic heterocycles. The SMILES string of the molecule is Cc1ccc(-c2nc3ccc(C(=O)OCC(=O)Nc4cccc(C)c4)cc3nc2-c2ccc(C)cc2)cc1. The largest absolute Gasteiger partial charge is 0.452 e. The minimum atomic E-state index is -0.604. The van der Waals surface area contributed by atoms with Gasteiger partial charge in [-0.1, -0.05) is 71.8 Å². The highest BCUT2D eigenvalue weighted by Gasteiger charge is 2.16. The molecule has 4 aromatic carbocycles. The lowest BCUT2D eigenvalue weighted by Gasteiger charge is -2.12. The summed E-state index contributed by atoms with van der Waals surface area (Å²) in [5.41, 5.74) is 8.89. The van der Waals surface area contributed by atoms with Crippen LogP contribution in [0.2, 0.25) is 0 Å². The molecule has 0 atom stereocenters. The van der Waals surface area contributed by atoms with Gasteiger partial charge >= 0.3 is 5.97 Å². The van der Waals surface area contributed by atoms with E-state index >= 15 is 0 Å². The molecule has 0 aliphatic rings. The number of hydrogen-bond donors (Lipinski definition) is 1. The molecule has 0 saturated heterocycles. The lowest BCUT2D eigenvalue weighted by Crippen LogP contribution is -2.21. The number of fused-ring (bicyclic) bond motifs is 1. The normalized spacial score (nSPS) is 10.8. The second kappa shape index (κ2) is 10.6. The first-order valence-electron chi connectivity index (χ1n) is 12.4. The van der Waals surface area contributed by atoms with E-state index in [0.717, 1.165) is 39.2 Å². The van der Waals surface area contributed by atoms with Crippen LogP contribution in [-0.4, -0.2) is 28.5 Å².